The SMILES string of the molecule is CCNC(=NCc1cc(C(C)C)no1)NCC1CN(C)CCO1. The minimum atomic E-state index is 0.190. The highest BCUT2D eigenvalue weighted by Gasteiger charge is 2.17. The summed E-state index contributed by atoms with van der Waals surface area (Å²) < 4.78 is 11.1. The first-order valence-electron chi connectivity index (χ1n) is 8.36. The molecule has 0 spiro atoms. The molecule has 7 nitrogen and oxygen atoms in total. The van der Waals surface area contributed by atoms with Crippen LogP contribution in [0.25, 0.3) is 0 Å². The molecular formula is C16H29N5O2. The molecule has 2 rings (SSSR count). The highest BCUT2D eigenvalue weighted by Crippen LogP contribution is 2.14. The van der Waals surface area contributed by atoms with Gasteiger partial charge in [-0.25, -0.2) is 4.99 Å². The van der Waals surface area contributed by atoms with Crippen LogP contribution >= 0.6 is 0 Å². The molecule has 2 heterocycles. The van der Waals surface area contributed by atoms with E-state index in [-0.39, 0.29) is 6.10 Å². The van der Waals surface area contributed by atoms with Crippen LogP contribution in [0, 0.1) is 0 Å². The van der Waals surface area contributed by atoms with E-state index in [1.807, 2.05) is 13.0 Å². The van der Waals surface area contributed by atoms with Crippen molar-refractivity contribution >= 4 is 5.96 Å². The second-order valence-corrected chi connectivity index (χ2v) is 6.20. The monoisotopic (exact) mass is 323 g/mol. The molecule has 0 saturated carbocycles. The Balaban J connectivity index is 1.86. The van der Waals surface area contributed by atoms with E-state index in [2.05, 4.69) is 46.6 Å². The maximum atomic E-state index is 5.75. The van der Waals surface area contributed by atoms with Crippen LogP contribution in [0.15, 0.2) is 15.6 Å². The maximum Gasteiger partial charge on any atom is 0.191 e. The molecule has 1 saturated heterocycles. The van der Waals surface area contributed by atoms with Gasteiger partial charge < -0.3 is 24.8 Å². The van der Waals surface area contributed by atoms with Gasteiger partial charge in [-0.05, 0) is 19.9 Å². The minimum Gasteiger partial charge on any atom is -0.374 e. The molecule has 1 aliphatic heterocycles. The molecule has 130 valence electrons. The molecule has 1 fully saturated rings. The van der Waals surface area contributed by atoms with Gasteiger partial charge in [0, 0.05) is 32.2 Å². The van der Waals surface area contributed by atoms with Crippen LogP contribution in [0.2, 0.25) is 0 Å². The summed E-state index contributed by atoms with van der Waals surface area (Å²) in [4.78, 5) is 6.83. The van der Waals surface area contributed by atoms with E-state index < -0.39 is 0 Å². The van der Waals surface area contributed by atoms with E-state index in [0.717, 1.165) is 50.2 Å². The Hall–Kier alpha value is -1.60. The summed E-state index contributed by atoms with van der Waals surface area (Å²) in [7, 11) is 2.12. The lowest BCUT2D eigenvalue weighted by atomic mass is 10.1. The van der Waals surface area contributed by atoms with Crippen molar-refractivity contribution in [2.75, 3.05) is 39.8 Å². The quantitative estimate of drug-likeness (QED) is 0.605. The topological polar surface area (TPSA) is 74.9 Å². The second-order valence-electron chi connectivity index (χ2n) is 6.20. The van der Waals surface area contributed by atoms with E-state index in [1.54, 1.807) is 0 Å². The Morgan fingerprint density at radius 2 is 2.30 bits per heavy atom. The molecule has 1 aromatic rings. The Bertz CT molecular complexity index is 500. The maximum absolute atomic E-state index is 5.75. The molecule has 0 aliphatic carbocycles. The number of nitrogens with zero attached hydrogens (tertiary/aromatic N) is 3. The highest BCUT2D eigenvalue weighted by molar-refractivity contribution is 5.79. The number of rotatable bonds is 6. The third-order valence-corrected chi connectivity index (χ3v) is 3.74. The standard InChI is InChI=1S/C16H29N5O2/c1-5-17-16(19-10-14-11-21(4)6-7-22-14)18-9-13-8-15(12(2)3)20-23-13/h8,12,14H,5-7,9-11H2,1-4H3,(H2,17,18,19). The molecule has 2 N–H and O–H groups in total. The van der Waals surface area contributed by atoms with Crippen molar-refractivity contribution in [2.45, 2.75) is 39.3 Å². The summed E-state index contributed by atoms with van der Waals surface area (Å²) >= 11 is 0. The van der Waals surface area contributed by atoms with E-state index in [9.17, 15) is 0 Å². The fourth-order valence-corrected chi connectivity index (χ4v) is 2.38. The van der Waals surface area contributed by atoms with Gasteiger partial charge in [-0.1, -0.05) is 19.0 Å². The summed E-state index contributed by atoms with van der Waals surface area (Å²) in [5.41, 5.74) is 0.965. The van der Waals surface area contributed by atoms with Crippen LogP contribution in [-0.4, -0.2) is 62.0 Å². The van der Waals surface area contributed by atoms with Gasteiger partial charge in [0.25, 0.3) is 0 Å². The van der Waals surface area contributed by atoms with Gasteiger partial charge in [0.15, 0.2) is 11.7 Å². The molecule has 0 amide bonds. The minimum absolute atomic E-state index is 0.190. The fourth-order valence-electron chi connectivity index (χ4n) is 2.38. The number of aromatic nitrogens is 1. The van der Waals surface area contributed by atoms with Gasteiger partial charge in [0.05, 0.1) is 18.4 Å². The predicted molar refractivity (Wildman–Crippen MR) is 90.6 cm³/mol. The third-order valence-electron chi connectivity index (χ3n) is 3.74. The molecule has 1 aliphatic rings. The highest BCUT2D eigenvalue weighted by atomic mass is 16.5. The van der Waals surface area contributed by atoms with Crippen molar-refractivity contribution in [1.29, 1.82) is 0 Å². The third kappa shape index (κ3) is 5.84. The smallest absolute Gasteiger partial charge is 0.191 e. The lowest BCUT2D eigenvalue weighted by Crippen LogP contribution is -2.48. The van der Waals surface area contributed by atoms with Crippen LogP contribution in [0.1, 0.15) is 38.1 Å². The Kier molecular flexibility index (Phi) is 6.85. The molecule has 0 bridgehead atoms. The number of guanidine groups is 1. The van der Waals surface area contributed by atoms with Crippen LogP contribution < -0.4 is 10.6 Å². The molecule has 0 radical (unpaired) electrons. The summed E-state index contributed by atoms with van der Waals surface area (Å²) in [6.45, 7) is 11.0. The van der Waals surface area contributed by atoms with Crippen molar-refractivity contribution in [1.82, 2.24) is 20.7 Å². The van der Waals surface area contributed by atoms with Gasteiger partial charge >= 0.3 is 0 Å². The number of likely N-dealkylation sites (N-methyl/N-ethyl adjacent to an activating group) is 1. The van der Waals surface area contributed by atoms with Crippen molar-refractivity contribution in [3.05, 3.63) is 17.5 Å². The number of ether oxygens (including phenoxy) is 1. The van der Waals surface area contributed by atoms with E-state index in [0.29, 0.717) is 12.5 Å². The first kappa shape index (κ1) is 17.7. The van der Waals surface area contributed by atoms with E-state index in [4.69, 9.17) is 9.26 Å². The van der Waals surface area contributed by atoms with Crippen molar-refractivity contribution in [2.24, 2.45) is 4.99 Å². The van der Waals surface area contributed by atoms with Crippen molar-refractivity contribution in [3.63, 3.8) is 0 Å². The molecule has 1 unspecified atom stereocenters. The van der Waals surface area contributed by atoms with Crippen LogP contribution in [0.5, 0.6) is 0 Å². The summed E-state index contributed by atoms with van der Waals surface area (Å²) in [6, 6.07) is 1.97. The van der Waals surface area contributed by atoms with Gasteiger partial charge in [-0.2, -0.15) is 0 Å². The van der Waals surface area contributed by atoms with Gasteiger partial charge in [0.2, 0.25) is 0 Å². The number of nitrogens with one attached hydrogen (secondary N) is 2. The molecule has 7 heteroatoms. The van der Waals surface area contributed by atoms with Crippen LogP contribution in [-0.2, 0) is 11.3 Å². The zero-order valence-corrected chi connectivity index (χ0v) is 14.6. The number of hydrogen-bond acceptors (Lipinski definition) is 5. The summed E-state index contributed by atoms with van der Waals surface area (Å²) in [5, 5.41) is 10.6. The molecule has 23 heavy (non-hydrogen) atoms. The molecule has 0 aromatic carbocycles. The van der Waals surface area contributed by atoms with Crippen LogP contribution in [0.4, 0.5) is 0 Å². The number of aliphatic imine (C=N–C) groups is 1. The normalized spacial score (nSPS) is 20.0. The first-order valence-corrected chi connectivity index (χ1v) is 8.36. The number of morpholine rings is 1. The Morgan fingerprint density at radius 3 is 2.96 bits per heavy atom. The fraction of sp³-hybridized carbons (Fsp3) is 0.750. The predicted octanol–water partition coefficient (Wildman–Crippen LogP) is 1.18. The van der Waals surface area contributed by atoms with E-state index in [1.165, 1.54) is 0 Å². The summed E-state index contributed by atoms with van der Waals surface area (Å²) in [5.74, 6) is 1.91. The molecule has 1 atom stereocenters. The number of hydrogen-bond donors (Lipinski definition) is 2. The average Bonchev–Trinajstić information content (AvgIpc) is 2.99. The molecular weight excluding hydrogens is 294 g/mol. The second kappa shape index (κ2) is 8.88. The molecule has 1 aromatic heterocycles. The zero-order chi connectivity index (χ0) is 16.7. The lowest BCUT2D eigenvalue weighted by molar-refractivity contribution is -0.0161. The lowest BCUT2D eigenvalue weighted by Gasteiger charge is -2.30. The van der Waals surface area contributed by atoms with Crippen molar-refractivity contribution < 1.29 is 9.26 Å². The van der Waals surface area contributed by atoms with Gasteiger partial charge in [-0.15, -0.1) is 0 Å². The first-order chi connectivity index (χ1) is 11.1. The van der Waals surface area contributed by atoms with Gasteiger partial charge in [0.1, 0.15) is 6.54 Å². The summed E-state index contributed by atoms with van der Waals surface area (Å²) in [6.07, 6.45) is 0.190. The average molecular weight is 323 g/mol. The van der Waals surface area contributed by atoms with Crippen molar-refractivity contribution in [3.8, 4) is 0 Å². The largest absolute Gasteiger partial charge is 0.374 e. The Morgan fingerprint density at radius 1 is 1.48 bits per heavy atom. The van der Waals surface area contributed by atoms with E-state index >= 15 is 0 Å². The van der Waals surface area contributed by atoms with Crippen LogP contribution in [0.3, 0.4) is 0 Å². The zero-order valence-electron chi connectivity index (χ0n) is 14.6. The Labute approximate surface area is 138 Å². The van der Waals surface area contributed by atoms with Gasteiger partial charge in [-0.3, -0.25) is 0 Å².